The lowest BCUT2D eigenvalue weighted by Crippen LogP contribution is -2.23. The Morgan fingerprint density at radius 2 is 0.938 bits per heavy atom. The van der Waals surface area contributed by atoms with E-state index >= 15 is 0 Å². The topological polar surface area (TPSA) is 60.7 Å². The third-order valence-corrected chi connectivity index (χ3v) is 5.51. The maximum atomic E-state index is 10.0. The van der Waals surface area contributed by atoms with E-state index in [2.05, 4.69) is 0 Å². The highest BCUT2D eigenvalue weighted by molar-refractivity contribution is 7.59. The first-order valence-corrected chi connectivity index (χ1v) is 7.94. The molecule has 0 radical (unpaired) electrons. The molecule has 0 aromatic rings. The zero-order valence-electron chi connectivity index (χ0n) is 10.8. The van der Waals surface area contributed by atoms with Gasteiger partial charge in [0.25, 0.3) is 0 Å². The second-order valence-corrected chi connectivity index (χ2v) is 6.94. The molecule has 4 heteroatoms. The molecule has 3 atom stereocenters. The highest BCUT2D eigenvalue weighted by atomic mass is 31.1. The summed E-state index contributed by atoms with van der Waals surface area (Å²) in [6.07, 6.45) is 4.68. The van der Waals surface area contributed by atoms with Crippen molar-refractivity contribution in [3.05, 3.63) is 0 Å². The molecule has 3 nitrogen and oxygen atoms in total. The van der Waals surface area contributed by atoms with Gasteiger partial charge in [0, 0.05) is 0 Å². The lowest BCUT2D eigenvalue weighted by atomic mass is 10.3. The predicted molar refractivity (Wildman–Crippen MR) is 69.7 cm³/mol. The average molecular weight is 250 g/mol. The van der Waals surface area contributed by atoms with Crippen LogP contribution in [0.2, 0.25) is 0 Å². The van der Waals surface area contributed by atoms with Crippen LogP contribution >= 0.6 is 7.92 Å². The van der Waals surface area contributed by atoms with Crippen LogP contribution in [0.4, 0.5) is 0 Å². The summed E-state index contributed by atoms with van der Waals surface area (Å²) in [4.78, 5) is 0. The average Bonchev–Trinajstić information content (AvgIpc) is 2.19. The SMILES string of the molecule is CCCC(O)P(C(O)CCC)C(O)CCC. The molecule has 3 unspecified atom stereocenters. The molecular formula is C12H27O3P. The first kappa shape index (κ1) is 16.3. The Balaban J connectivity index is 4.47. The fourth-order valence-corrected chi connectivity index (χ4v) is 4.68. The minimum atomic E-state index is -1.10. The van der Waals surface area contributed by atoms with Gasteiger partial charge in [-0.1, -0.05) is 40.0 Å². The van der Waals surface area contributed by atoms with Crippen molar-refractivity contribution >= 4 is 7.92 Å². The van der Waals surface area contributed by atoms with Crippen molar-refractivity contribution in [2.75, 3.05) is 0 Å². The van der Waals surface area contributed by atoms with Gasteiger partial charge in [0.15, 0.2) is 0 Å². The summed E-state index contributed by atoms with van der Waals surface area (Å²) >= 11 is 0. The van der Waals surface area contributed by atoms with Gasteiger partial charge in [0.1, 0.15) is 0 Å². The Hall–Kier alpha value is 0.310. The van der Waals surface area contributed by atoms with E-state index in [1.165, 1.54) is 0 Å². The monoisotopic (exact) mass is 250 g/mol. The molecule has 0 rings (SSSR count). The Labute approximate surface area is 101 Å². The van der Waals surface area contributed by atoms with Gasteiger partial charge in [-0.2, -0.15) is 0 Å². The smallest absolute Gasteiger partial charge is 0.0780 e. The van der Waals surface area contributed by atoms with Crippen LogP contribution in [0, 0.1) is 0 Å². The zero-order valence-corrected chi connectivity index (χ0v) is 11.7. The molecule has 0 aliphatic rings. The van der Waals surface area contributed by atoms with E-state index in [-0.39, 0.29) is 0 Å². The lowest BCUT2D eigenvalue weighted by molar-refractivity contribution is 0.180. The molecule has 0 saturated carbocycles. The third-order valence-electron chi connectivity index (χ3n) is 2.67. The normalized spacial score (nSPS) is 19.1. The lowest BCUT2D eigenvalue weighted by Gasteiger charge is -2.32. The first-order valence-electron chi connectivity index (χ1n) is 6.40. The van der Waals surface area contributed by atoms with Gasteiger partial charge in [-0.05, 0) is 27.2 Å². The minimum Gasteiger partial charge on any atom is -0.388 e. The van der Waals surface area contributed by atoms with Crippen LogP contribution in [-0.4, -0.2) is 32.9 Å². The summed E-state index contributed by atoms with van der Waals surface area (Å²) in [5, 5.41) is 30.0. The van der Waals surface area contributed by atoms with Crippen molar-refractivity contribution in [3.8, 4) is 0 Å². The number of aliphatic hydroxyl groups excluding tert-OH is 3. The fourth-order valence-electron chi connectivity index (χ4n) is 1.82. The van der Waals surface area contributed by atoms with Crippen LogP contribution in [0.1, 0.15) is 59.3 Å². The van der Waals surface area contributed by atoms with Crippen molar-refractivity contribution in [3.63, 3.8) is 0 Å². The zero-order chi connectivity index (χ0) is 12.6. The van der Waals surface area contributed by atoms with E-state index < -0.39 is 25.5 Å². The van der Waals surface area contributed by atoms with E-state index in [0.29, 0.717) is 19.3 Å². The summed E-state index contributed by atoms with van der Waals surface area (Å²) in [6, 6.07) is 0. The predicted octanol–water partition coefficient (Wildman–Crippen LogP) is 2.82. The Bertz CT molecular complexity index is 138. The quantitative estimate of drug-likeness (QED) is 0.551. The molecule has 0 saturated heterocycles. The van der Waals surface area contributed by atoms with E-state index in [4.69, 9.17) is 0 Å². The molecule has 0 aromatic heterocycles. The van der Waals surface area contributed by atoms with Crippen LogP contribution in [0.15, 0.2) is 0 Å². The van der Waals surface area contributed by atoms with Gasteiger partial charge < -0.3 is 15.3 Å². The minimum absolute atomic E-state index is 0.525. The van der Waals surface area contributed by atoms with Gasteiger partial charge in [0.2, 0.25) is 0 Å². The van der Waals surface area contributed by atoms with Crippen LogP contribution in [0.25, 0.3) is 0 Å². The van der Waals surface area contributed by atoms with Gasteiger partial charge in [-0.15, -0.1) is 0 Å². The molecule has 3 N–H and O–H groups in total. The van der Waals surface area contributed by atoms with Crippen molar-refractivity contribution in [1.29, 1.82) is 0 Å². The summed E-state index contributed by atoms with van der Waals surface area (Å²) in [7, 11) is -1.10. The van der Waals surface area contributed by atoms with Gasteiger partial charge in [0.05, 0.1) is 17.5 Å². The van der Waals surface area contributed by atoms with Crippen LogP contribution < -0.4 is 0 Å². The first-order chi connectivity index (χ1) is 7.58. The van der Waals surface area contributed by atoms with Gasteiger partial charge in [-0.3, -0.25) is 0 Å². The summed E-state index contributed by atoms with van der Waals surface area (Å²) < 4.78 is 0. The molecular weight excluding hydrogens is 223 g/mol. The molecule has 0 aliphatic heterocycles. The Kier molecular flexibility index (Phi) is 9.53. The van der Waals surface area contributed by atoms with Crippen molar-refractivity contribution in [2.45, 2.75) is 76.8 Å². The Morgan fingerprint density at radius 1 is 0.688 bits per heavy atom. The molecule has 0 spiro atoms. The molecule has 0 bridgehead atoms. The largest absolute Gasteiger partial charge is 0.388 e. The van der Waals surface area contributed by atoms with E-state index in [9.17, 15) is 15.3 Å². The Morgan fingerprint density at radius 3 is 1.12 bits per heavy atom. The van der Waals surface area contributed by atoms with Crippen LogP contribution in [0.5, 0.6) is 0 Å². The fraction of sp³-hybridized carbons (Fsp3) is 1.00. The van der Waals surface area contributed by atoms with Gasteiger partial charge in [-0.25, -0.2) is 0 Å². The third kappa shape index (κ3) is 5.58. The van der Waals surface area contributed by atoms with Crippen molar-refractivity contribution < 1.29 is 15.3 Å². The van der Waals surface area contributed by atoms with Crippen molar-refractivity contribution in [1.82, 2.24) is 0 Å². The second-order valence-electron chi connectivity index (χ2n) is 4.26. The van der Waals surface area contributed by atoms with E-state index in [1.807, 2.05) is 20.8 Å². The van der Waals surface area contributed by atoms with Crippen molar-refractivity contribution in [2.24, 2.45) is 0 Å². The standard InChI is InChI=1S/C12H27O3P/c1-4-7-10(13)16(11(14)8-5-2)12(15)9-6-3/h10-15H,4-9H2,1-3H3. The highest BCUT2D eigenvalue weighted by Crippen LogP contribution is 2.52. The van der Waals surface area contributed by atoms with Crippen LogP contribution in [-0.2, 0) is 0 Å². The maximum Gasteiger partial charge on any atom is 0.0780 e. The molecule has 0 aromatic carbocycles. The molecule has 0 amide bonds. The summed E-state index contributed by atoms with van der Waals surface area (Å²) in [5.41, 5.74) is 0. The molecule has 0 aliphatic carbocycles. The number of aliphatic hydroxyl groups is 3. The molecule has 98 valence electrons. The molecule has 0 fully saturated rings. The number of hydrogen-bond acceptors (Lipinski definition) is 3. The second kappa shape index (κ2) is 9.35. The number of rotatable bonds is 9. The molecule has 0 heterocycles. The van der Waals surface area contributed by atoms with E-state index in [1.54, 1.807) is 0 Å². The highest BCUT2D eigenvalue weighted by Gasteiger charge is 2.31. The summed E-state index contributed by atoms with van der Waals surface area (Å²) in [5.74, 6) is -1.57. The van der Waals surface area contributed by atoms with Crippen LogP contribution in [0.3, 0.4) is 0 Å². The molecule has 16 heavy (non-hydrogen) atoms. The van der Waals surface area contributed by atoms with E-state index in [0.717, 1.165) is 19.3 Å². The number of hydrogen-bond donors (Lipinski definition) is 3. The van der Waals surface area contributed by atoms with Gasteiger partial charge >= 0.3 is 0 Å². The summed E-state index contributed by atoms with van der Waals surface area (Å²) in [6.45, 7) is 6.03. The maximum absolute atomic E-state index is 10.0.